The summed E-state index contributed by atoms with van der Waals surface area (Å²) in [5.74, 6) is -0.252. The third-order valence-corrected chi connectivity index (χ3v) is 5.64. The van der Waals surface area contributed by atoms with E-state index in [1.54, 1.807) is 13.8 Å². The zero-order valence-corrected chi connectivity index (χ0v) is 15.6. The standard InChI is InChI=1S/C19H22N2O3S/c1-4-24-19(23)16-13(3)20-17(25-16)14-7-9-15(10-8-14)18(22)21-11-5-6-12(21)2/h7-10,12H,4-6,11H2,1-3H3/t12-/m0/s1. The van der Waals surface area contributed by atoms with Crippen LogP contribution >= 0.6 is 11.3 Å². The molecule has 1 fully saturated rings. The highest BCUT2D eigenvalue weighted by Gasteiger charge is 2.26. The monoisotopic (exact) mass is 358 g/mol. The predicted molar refractivity (Wildman–Crippen MR) is 98.0 cm³/mol. The predicted octanol–water partition coefficient (Wildman–Crippen LogP) is 3.92. The summed E-state index contributed by atoms with van der Waals surface area (Å²) in [7, 11) is 0. The van der Waals surface area contributed by atoms with Gasteiger partial charge in [-0.25, -0.2) is 9.78 Å². The molecule has 2 heterocycles. The lowest BCUT2D eigenvalue weighted by molar-refractivity contribution is 0.0530. The summed E-state index contributed by atoms with van der Waals surface area (Å²) in [5, 5.41) is 0.758. The van der Waals surface area contributed by atoms with Crippen LogP contribution in [0.25, 0.3) is 10.6 Å². The van der Waals surface area contributed by atoms with Gasteiger partial charge in [0.1, 0.15) is 9.88 Å². The average molecular weight is 358 g/mol. The van der Waals surface area contributed by atoms with Gasteiger partial charge in [0.05, 0.1) is 12.3 Å². The highest BCUT2D eigenvalue weighted by atomic mass is 32.1. The van der Waals surface area contributed by atoms with Crippen LogP contribution < -0.4 is 0 Å². The van der Waals surface area contributed by atoms with Crippen LogP contribution in [0.3, 0.4) is 0 Å². The molecule has 25 heavy (non-hydrogen) atoms. The second-order valence-corrected chi connectivity index (χ2v) is 7.22. The van der Waals surface area contributed by atoms with Gasteiger partial charge >= 0.3 is 5.97 Å². The van der Waals surface area contributed by atoms with E-state index in [9.17, 15) is 9.59 Å². The topological polar surface area (TPSA) is 59.5 Å². The van der Waals surface area contributed by atoms with Crippen molar-refractivity contribution in [1.29, 1.82) is 0 Å². The minimum absolute atomic E-state index is 0.0825. The molecular formula is C19H22N2O3S. The molecule has 5 nitrogen and oxygen atoms in total. The highest BCUT2D eigenvalue weighted by Crippen LogP contribution is 2.29. The Labute approximate surface area is 151 Å². The molecule has 1 atom stereocenters. The summed E-state index contributed by atoms with van der Waals surface area (Å²) in [5.41, 5.74) is 2.26. The molecule has 132 valence electrons. The number of thiazole rings is 1. The van der Waals surface area contributed by atoms with Crippen LogP contribution in [0.2, 0.25) is 0 Å². The van der Waals surface area contributed by atoms with E-state index in [1.807, 2.05) is 29.2 Å². The van der Waals surface area contributed by atoms with Crippen molar-refractivity contribution < 1.29 is 14.3 Å². The maximum absolute atomic E-state index is 12.6. The van der Waals surface area contributed by atoms with Gasteiger partial charge in [-0.1, -0.05) is 12.1 Å². The van der Waals surface area contributed by atoms with Crippen molar-refractivity contribution in [3.05, 3.63) is 40.4 Å². The maximum atomic E-state index is 12.6. The quantitative estimate of drug-likeness (QED) is 0.777. The summed E-state index contributed by atoms with van der Waals surface area (Å²) in [6, 6.07) is 7.76. The van der Waals surface area contributed by atoms with Crippen molar-refractivity contribution >= 4 is 23.2 Å². The van der Waals surface area contributed by atoms with Gasteiger partial charge in [-0.3, -0.25) is 4.79 Å². The average Bonchev–Trinajstić information content (AvgIpc) is 3.20. The fourth-order valence-electron chi connectivity index (χ4n) is 3.06. The molecule has 6 heteroatoms. The Morgan fingerprint density at radius 3 is 2.64 bits per heavy atom. The number of benzene rings is 1. The van der Waals surface area contributed by atoms with Crippen LogP contribution in [-0.4, -0.2) is 41.0 Å². The van der Waals surface area contributed by atoms with Crippen molar-refractivity contribution in [2.45, 2.75) is 39.7 Å². The summed E-state index contributed by atoms with van der Waals surface area (Å²) in [6.45, 7) is 6.85. The third-order valence-electron chi connectivity index (χ3n) is 4.45. The Hall–Kier alpha value is -2.21. The fourth-order valence-corrected chi connectivity index (χ4v) is 4.03. The van der Waals surface area contributed by atoms with Crippen molar-refractivity contribution in [3.63, 3.8) is 0 Å². The van der Waals surface area contributed by atoms with Crippen molar-refractivity contribution in [3.8, 4) is 10.6 Å². The number of esters is 1. The number of hydrogen-bond donors (Lipinski definition) is 0. The molecule has 1 saturated heterocycles. The minimum Gasteiger partial charge on any atom is -0.462 e. The van der Waals surface area contributed by atoms with E-state index < -0.39 is 0 Å². The van der Waals surface area contributed by atoms with Gasteiger partial charge in [0.2, 0.25) is 0 Å². The second-order valence-electron chi connectivity index (χ2n) is 6.22. The molecular weight excluding hydrogens is 336 g/mol. The van der Waals surface area contributed by atoms with Gasteiger partial charge in [0, 0.05) is 23.7 Å². The lowest BCUT2D eigenvalue weighted by Crippen LogP contribution is -2.33. The van der Waals surface area contributed by atoms with E-state index in [0.29, 0.717) is 28.8 Å². The van der Waals surface area contributed by atoms with Crippen LogP contribution in [0.1, 0.15) is 52.4 Å². The SMILES string of the molecule is CCOC(=O)c1sc(-c2ccc(C(=O)N3CCC[C@@H]3C)cc2)nc1C. The molecule has 1 amide bonds. The number of ether oxygens (including phenoxy) is 1. The number of rotatable bonds is 4. The van der Waals surface area contributed by atoms with Crippen LogP contribution in [0.5, 0.6) is 0 Å². The van der Waals surface area contributed by atoms with E-state index in [0.717, 1.165) is 30.0 Å². The molecule has 0 radical (unpaired) electrons. The van der Waals surface area contributed by atoms with Crippen LogP contribution in [0.15, 0.2) is 24.3 Å². The smallest absolute Gasteiger partial charge is 0.350 e. The maximum Gasteiger partial charge on any atom is 0.350 e. The molecule has 1 aliphatic heterocycles. The highest BCUT2D eigenvalue weighted by molar-refractivity contribution is 7.17. The number of carbonyl (C=O) groups excluding carboxylic acids is 2. The number of hydrogen-bond acceptors (Lipinski definition) is 5. The number of likely N-dealkylation sites (tertiary alicyclic amines) is 1. The largest absolute Gasteiger partial charge is 0.462 e. The Morgan fingerprint density at radius 2 is 2.04 bits per heavy atom. The molecule has 1 aliphatic rings. The van der Waals surface area contributed by atoms with Crippen LogP contribution in [-0.2, 0) is 4.74 Å². The lowest BCUT2D eigenvalue weighted by atomic mass is 10.1. The van der Waals surface area contributed by atoms with Crippen LogP contribution in [0.4, 0.5) is 0 Å². The van der Waals surface area contributed by atoms with Gasteiger partial charge in [-0.15, -0.1) is 11.3 Å². The Morgan fingerprint density at radius 1 is 1.32 bits per heavy atom. The Bertz CT molecular complexity index is 782. The van der Waals surface area contributed by atoms with E-state index in [1.165, 1.54) is 11.3 Å². The summed E-state index contributed by atoms with van der Waals surface area (Å²) < 4.78 is 5.06. The van der Waals surface area contributed by atoms with Crippen molar-refractivity contribution in [1.82, 2.24) is 9.88 Å². The molecule has 0 saturated carbocycles. The van der Waals surface area contributed by atoms with Crippen molar-refractivity contribution in [2.24, 2.45) is 0 Å². The first-order valence-corrected chi connectivity index (χ1v) is 9.39. The molecule has 0 aliphatic carbocycles. The van der Waals surface area contributed by atoms with Gasteiger partial charge < -0.3 is 9.64 Å². The number of amides is 1. The normalized spacial score (nSPS) is 16.9. The third kappa shape index (κ3) is 3.58. The van der Waals surface area contributed by atoms with Gasteiger partial charge in [-0.2, -0.15) is 0 Å². The first-order chi connectivity index (χ1) is 12.0. The van der Waals surface area contributed by atoms with Gasteiger partial charge in [0.15, 0.2) is 0 Å². The molecule has 2 aromatic rings. The first kappa shape index (κ1) is 17.6. The number of aromatic nitrogens is 1. The molecule has 3 rings (SSSR count). The molecule has 0 unspecified atom stereocenters. The van der Waals surface area contributed by atoms with Crippen molar-refractivity contribution in [2.75, 3.05) is 13.2 Å². The molecule has 0 N–H and O–H groups in total. The summed E-state index contributed by atoms with van der Waals surface area (Å²) in [4.78, 5) is 31.4. The van der Waals surface area contributed by atoms with E-state index >= 15 is 0 Å². The Kier molecular flexibility index (Phi) is 5.18. The minimum atomic E-state index is -0.335. The zero-order chi connectivity index (χ0) is 18.0. The van der Waals surface area contributed by atoms with Gasteiger partial charge in [-0.05, 0) is 45.7 Å². The van der Waals surface area contributed by atoms with E-state index in [-0.39, 0.29) is 11.9 Å². The lowest BCUT2D eigenvalue weighted by Gasteiger charge is -2.21. The second kappa shape index (κ2) is 7.35. The summed E-state index contributed by atoms with van der Waals surface area (Å²) >= 11 is 1.32. The number of nitrogens with zero attached hydrogens (tertiary/aromatic N) is 2. The fraction of sp³-hybridized carbons (Fsp3) is 0.421. The van der Waals surface area contributed by atoms with Crippen LogP contribution in [0, 0.1) is 6.92 Å². The molecule has 0 bridgehead atoms. The van der Waals surface area contributed by atoms with E-state index in [4.69, 9.17) is 4.74 Å². The van der Waals surface area contributed by atoms with E-state index in [2.05, 4.69) is 11.9 Å². The molecule has 0 spiro atoms. The Balaban J connectivity index is 1.80. The first-order valence-electron chi connectivity index (χ1n) is 8.57. The molecule has 1 aromatic heterocycles. The molecule has 1 aromatic carbocycles. The number of aryl methyl sites for hydroxylation is 1. The number of carbonyl (C=O) groups is 2. The zero-order valence-electron chi connectivity index (χ0n) is 14.7. The van der Waals surface area contributed by atoms with Gasteiger partial charge in [0.25, 0.3) is 5.91 Å². The summed E-state index contributed by atoms with van der Waals surface area (Å²) in [6.07, 6.45) is 2.14.